The molecule has 1 atom stereocenters. The molecule has 1 aromatic carbocycles. The van der Waals surface area contributed by atoms with Crippen molar-refractivity contribution in [3.63, 3.8) is 0 Å². The Bertz CT molecular complexity index is 257. The van der Waals surface area contributed by atoms with E-state index in [-0.39, 0.29) is 0 Å². The second-order valence-electron chi connectivity index (χ2n) is 3.70. The Morgan fingerprint density at radius 1 is 1.07 bits per heavy atom. The fraction of sp³-hybridized carbons (Fsp3) is 0.214. The fourth-order valence-corrected chi connectivity index (χ4v) is 1.81. The van der Waals surface area contributed by atoms with Crippen LogP contribution in [0.4, 0.5) is 0 Å². The molecule has 14 heavy (non-hydrogen) atoms. The lowest BCUT2D eigenvalue weighted by Crippen LogP contribution is -2.13. The highest BCUT2D eigenvalue weighted by atomic mass is 14.3. The lowest BCUT2D eigenvalue weighted by molar-refractivity contribution is 0.723. The van der Waals surface area contributed by atoms with Crippen LogP contribution in [0.3, 0.4) is 0 Å². The third-order valence-corrected chi connectivity index (χ3v) is 2.77. The van der Waals surface area contributed by atoms with Gasteiger partial charge in [0.1, 0.15) is 0 Å². The minimum atomic E-state index is 0.539. The smallest absolute Gasteiger partial charge is 0.0125 e. The van der Waals surface area contributed by atoms with Crippen molar-refractivity contribution in [3.05, 3.63) is 67.5 Å². The van der Waals surface area contributed by atoms with E-state index in [0.29, 0.717) is 5.92 Å². The number of benzene rings is 1. The summed E-state index contributed by atoms with van der Waals surface area (Å²) in [7, 11) is 0. The highest BCUT2D eigenvalue weighted by Gasteiger charge is 2.21. The minimum absolute atomic E-state index is 0.539. The van der Waals surface area contributed by atoms with Gasteiger partial charge >= 0.3 is 0 Å². The van der Waals surface area contributed by atoms with Crippen LogP contribution < -0.4 is 0 Å². The van der Waals surface area contributed by atoms with Crippen LogP contribution in [0.2, 0.25) is 0 Å². The standard InChI is InChI=1S/C14H15/c1-12(13-8-4-2-5-9-13)14-10-6-3-7-11-14/h2-10,12H,11H2,1H3. The van der Waals surface area contributed by atoms with Crippen LogP contribution in [-0.2, 0) is 0 Å². The molecule has 0 saturated heterocycles. The normalized spacial score (nSPS) is 20.6. The molecule has 0 amide bonds. The molecule has 1 saturated carbocycles. The molecule has 0 heteroatoms. The van der Waals surface area contributed by atoms with E-state index >= 15 is 0 Å². The SMILES string of the molecule is CC([C]1[CH][CH][CH][CH]C1)c1ccccc1. The maximum atomic E-state index is 2.27. The molecule has 1 aliphatic carbocycles. The molecule has 1 aromatic rings. The first kappa shape index (κ1) is 9.76. The first-order valence-electron chi connectivity index (χ1n) is 5.12. The predicted octanol–water partition coefficient (Wildman–Crippen LogP) is 3.59. The van der Waals surface area contributed by atoms with Gasteiger partial charge in [-0.2, -0.15) is 0 Å². The van der Waals surface area contributed by atoms with E-state index < -0.39 is 0 Å². The zero-order chi connectivity index (χ0) is 9.80. The molecular weight excluding hydrogens is 168 g/mol. The van der Waals surface area contributed by atoms with Gasteiger partial charge in [0.05, 0.1) is 0 Å². The molecule has 0 nitrogen and oxygen atoms in total. The van der Waals surface area contributed by atoms with Crippen LogP contribution in [-0.4, -0.2) is 0 Å². The molecule has 1 fully saturated rings. The maximum Gasteiger partial charge on any atom is -0.0125 e. The van der Waals surface area contributed by atoms with Crippen LogP contribution in [0.25, 0.3) is 0 Å². The molecule has 0 aromatic heterocycles. The van der Waals surface area contributed by atoms with Crippen molar-refractivity contribution < 1.29 is 0 Å². The van der Waals surface area contributed by atoms with E-state index in [1.807, 2.05) is 0 Å². The Balaban J connectivity index is 2.03. The summed E-state index contributed by atoms with van der Waals surface area (Å²) in [5.74, 6) is 2.04. The summed E-state index contributed by atoms with van der Waals surface area (Å²) in [5.41, 5.74) is 1.41. The van der Waals surface area contributed by atoms with Crippen molar-refractivity contribution in [2.24, 2.45) is 0 Å². The van der Waals surface area contributed by atoms with Crippen LogP contribution >= 0.6 is 0 Å². The summed E-state index contributed by atoms with van der Waals surface area (Å²) >= 11 is 0. The number of rotatable bonds is 2. The summed E-state index contributed by atoms with van der Waals surface area (Å²) in [6, 6.07) is 10.7. The second kappa shape index (κ2) is 4.63. The lowest BCUT2D eigenvalue weighted by atomic mass is 9.78. The van der Waals surface area contributed by atoms with Gasteiger partial charge in [-0.15, -0.1) is 0 Å². The topological polar surface area (TPSA) is 0 Å². The average Bonchev–Trinajstić information content (AvgIpc) is 2.30. The van der Waals surface area contributed by atoms with Gasteiger partial charge in [0, 0.05) is 0 Å². The van der Waals surface area contributed by atoms with E-state index in [9.17, 15) is 0 Å². The summed E-state index contributed by atoms with van der Waals surface area (Å²) in [6.07, 6.45) is 9.78. The quantitative estimate of drug-likeness (QED) is 0.657. The van der Waals surface area contributed by atoms with Crippen LogP contribution in [0.5, 0.6) is 0 Å². The van der Waals surface area contributed by atoms with Crippen LogP contribution in [0.1, 0.15) is 24.8 Å². The van der Waals surface area contributed by atoms with Gasteiger partial charge in [-0.25, -0.2) is 0 Å². The van der Waals surface area contributed by atoms with Gasteiger partial charge in [-0.1, -0.05) is 37.3 Å². The molecule has 71 valence electrons. The highest BCUT2D eigenvalue weighted by molar-refractivity contribution is 5.34. The van der Waals surface area contributed by atoms with Crippen molar-refractivity contribution in [2.75, 3.05) is 0 Å². The van der Waals surface area contributed by atoms with E-state index in [0.717, 1.165) is 6.42 Å². The van der Waals surface area contributed by atoms with Crippen LogP contribution in [0, 0.1) is 31.6 Å². The van der Waals surface area contributed by atoms with Crippen molar-refractivity contribution in [2.45, 2.75) is 19.3 Å². The monoisotopic (exact) mass is 183 g/mol. The number of hydrogen-bond acceptors (Lipinski definition) is 0. The van der Waals surface area contributed by atoms with Gasteiger partial charge in [0.15, 0.2) is 0 Å². The van der Waals surface area contributed by atoms with Crippen molar-refractivity contribution in [1.29, 1.82) is 0 Å². The maximum absolute atomic E-state index is 2.27. The van der Waals surface area contributed by atoms with Crippen LogP contribution in [0.15, 0.2) is 30.3 Å². The summed E-state index contributed by atoms with van der Waals surface area (Å²) < 4.78 is 0. The summed E-state index contributed by atoms with van der Waals surface area (Å²) in [4.78, 5) is 0. The Labute approximate surface area is 87.3 Å². The largest absolute Gasteiger partial charge is 0.0622 e. The molecule has 0 spiro atoms. The van der Waals surface area contributed by atoms with Gasteiger partial charge in [-0.05, 0) is 49.5 Å². The molecule has 2 rings (SSSR count). The predicted molar refractivity (Wildman–Crippen MR) is 59.9 cm³/mol. The average molecular weight is 183 g/mol. The number of hydrogen-bond donors (Lipinski definition) is 0. The highest BCUT2D eigenvalue weighted by Crippen LogP contribution is 2.35. The lowest BCUT2D eigenvalue weighted by Gasteiger charge is -2.26. The third kappa shape index (κ3) is 2.17. The van der Waals surface area contributed by atoms with Crippen molar-refractivity contribution in [1.82, 2.24) is 0 Å². The molecule has 0 aliphatic heterocycles. The first-order valence-corrected chi connectivity index (χ1v) is 5.12. The van der Waals surface area contributed by atoms with Gasteiger partial charge < -0.3 is 0 Å². The fourth-order valence-electron chi connectivity index (χ4n) is 1.81. The molecule has 5 radical (unpaired) electrons. The van der Waals surface area contributed by atoms with Gasteiger partial charge in [0.25, 0.3) is 0 Å². The Morgan fingerprint density at radius 2 is 1.86 bits per heavy atom. The zero-order valence-electron chi connectivity index (χ0n) is 8.48. The van der Waals surface area contributed by atoms with Crippen molar-refractivity contribution >= 4 is 0 Å². The minimum Gasteiger partial charge on any atom is -0.0622 e. The Kier molecular flexibility index (Phi) is 3.23. The molecule has 0 bridgehead atoms. The van der Waals surface area contributed by atoms with E-state index in [2.05, 4.69) is 62.9 Å². The van der Waals surface area contributed by atoms with Gasteiger partial charge in [0.2, 0.25) is 0 Å². The zero-order valence-corrected chi connectivity index (χ0v) is 8.48. The second-order valence-corrected chi connectivity index (χ2v) is 3.70. The van der Waals surface area contributed by atoms with E-state index in [4.69, 9.17) is 0 Å². The first-order chi connectivity index (χ1) is 6.88. The van der Waals surface area contributed by atoms with Gasteiger partial charge in [-0.3, -0.25) is 0 Å². The molecule has 0 N–H and O–H groups in total. The Morgan fingerprint density at radius 3 is 2.50 bits per heavy atom. The third-order valence-electron chi connectivity index (χ3n) is 2.77. The van der Waals surface area contributed by atoms with Crippen molar-refractivity contribution in [3.8, 4) is 0 Å². The summed E-state index contributed by atoms with van der Waals surface area (Å²) in [6.45, 7) is 2.27. The summed E-state index contributed by atoms with van der Waals surface area (Å²) in [5, 5.41) is 0. The molecule has 0 heterocycles. The molecular formula is C14H15. The molecule has 1 unspecified atom stereocenters. The molecule has 1 aliphatic rings. The van der Waals surface area contributed by atoms with E-state index in [1.165, 1.54) is 11.5 Å². The van der Waals surface area contributed by atoms with E-state index in [1.54, 1.807) is 0 Å². The Hall–Kier alpha value is -0.780.